The number of benzene rings is 3. The molecule has 1 N–H and O–H groups in total. The van der Waals surface area contributed by atoms with Gasteiger partial charge in [0.25, 0.3) is 5.91 Å². The summed E-state index contributed by atoms with van der Waals surface area (Å²) in [4.78, 5) is 12.9. The third kappa shape index (κ3) is 3.78. The number of nitrogens with zero attached hydrogens (tertiary/aromatic N) is 1. The molecule has 4 heteroatoms. The van der Waals surface area contributed by atoms with E-state index in [9.17, 15) is 4.79 Å². The minimum atomic E-state index is -0.537. The van der Waals surface area contributed by atoms with Gasteiger partial charge >= 0.3 is 0 Å². The molecule has 0 aliphatic carbocycles. The number of fused-ring (bicyclic) bond motifs is 3. The van der Waals surface area contributed by atoms with Crippen LogP contribution in [0.1, 0.15) is 32.8 Å². The van der Waals surface area contributed by atoms with E-state index in [0.717, 1.165) is 29.8 Å². The Morgan fingerprint density at radius 3 is 2.37 bits per heavy atom. The van der Waals surface area contributed by atoms with Crippen LogP contribution in [-0.2, 0) is 17.8 Å². The Morgan fingerprint density at radius 1 is 0.933 bits per heavy atom. The normalized spacial score (nSPS) is 12.2. The number of aromatic nitrogens is 1. The van der Waals surface area contributed by atoms with Gasteiger partial charge in [0.05, 0.1) is 0 Å². The molecule has 4 rings (SSSR count). The summed E-state index contributed by atoms with van der Waals surface area (Å²) in [5.41, 5.74) is 4.43. The topological polar surface area (TPSA) is 43.3 Å². The molecule has 0 spiro atoms. The number of hydrogen-bond donors (Lipinski definition) is 1. The Morgan fingerprint density at radius 2 is 1.67 bits per heavy atom. The number of carbonyl (C=O) groups excluding carboxylic acids is 1. The highest BCUT2D eigenvalue weighted by Crippen LogP contribution is 2.31. The molecule has 0 radical (unpaired) electrons. The largest absolute Gasteiger partial charge is 0.481 e. The number of ether oxygens (including phenoxy) is 1. The lowest BCUT2D eigenvalue weighted by Gasteiger charge is -2.17. The third-order valence-corrected chi connectivity index (χ3v) is 5.63. The molecule has 0 saturated carbocycles. The van der Waals surface area contributed by atoms with Crippen molar-refractivity contribution in [3.8, 4) is 5.75 Å². The number of anilines is 1. The fourth-order valence-electron chi connectivity index (χ4n) is 3.99. The summed E-state index contributed by atoms with van der Waals surface area (Å²) in [6, 6.07) is 22.4. The molecule has 0 aliphatic rings. The van der Waals surface area contributed by atoms with Crippen LogP contribution in [0.4, 0.5) is 5.69 Å². The van der Waals surface area contributed by atoms with Crippen molar-refractivity contribution < 1.29 is 9.53 Å². The Bertz CT molecular complexity index is 1180. The van der Waals surface area contributed by atoms with Gasteiger partial charge in [-0.05, 0) is 61.7 Å². The van der Waals surface area contributed by atoms with E-state index in [-0.39, 0.29) is 5.91 Å². The van der Waals surface area contributed by atoms with Gasteiger partial charge in [0.1, 0.15) is 5.75 Å². The number of hydrogen-bond acceptors (Lipinski definition) is 2. The smallest absolute Gasteiger partial charge is 0.265 e. The van der Waals surface area contributed by atoms with Crippen molar-refractivity contribution in [3.05, 3.63) is 72.3 Å². The molecule has 3 aromatic carbocycles. The molecular formula is C26H28N2O2. The van der Waals surface area contributed by atoms with Crippen molar-refractivity contribution in [2.45, 2.75) is 46.3 Å². The van der Waals surface area contributed by atoms with Gasteiger partial charge in [-0.15, -0.1) is 0 Å². The third-order valence-electron chi connectivity index (χ3n) is 5.63. The lowest BCUT2D eigenvalue weighted by atomic mass is 10.1. The predicted molar refractivity (Wildman–Crippen MR) is 124 cm³/mol. The molecule has 0 saturated heterocycles. The van der Waals surface area contributed by atoms with Crippen LogP contribution in [0.3, 0.4) is 0 Å². The lowest BCUT2D eigenvalue weighted by molar-refractivity contribution is -0.122. The van der Waals surface area contributed by atoms with Crippen LogP contribution in [-0.4, -0.2) is 16.6 Å². The van der Waals surface area contributed by atoms with E-state index in [1.54, 1.807) is 0 Å². The lowest BCUT2D eigenvalue weighted by Crippen LogP contribution is -2.32. The maximum absolute atomic E-state index is 12.9. The van der Waals surface area contributed by atoms with Gasteiger partial charge < -0.3 is 14.6 Å². The molecule has 4 nitrogen and oxygen atoms in total. The van der Waals surface area contributed by atoms with Crippen LogP contribution >= 0.6 is 0 Å². The van der Waals surface area contributed by atoms with Crippen LogP contribution in [0.25, 0.3) is 21.8 Å². The zero-order valence-corrected chi connectivity index (χ0v) is 17.8. The van der Waals surface area contributed by atoms with Crippen molar-refractivity contribution in [1.82, 2.24) is 4.57 Å². The molecule has 0 bridgehead atoms. The number of amides is 1. The fraction of sp³-hybridized carbons (Fsp3) is 0.269. The monoisotopic (exact) mass is 400 g/mol. The van der Waals surface area contributed by atoms with E-state index in [0.29, 0.717) is 6.42 Å². The molecule has 4 aromatic rings. The van der Waals surface area contributed by atoms with Gasteiger partial charge in [-0.3, -0.25) is 4.79 Å². The van der Waals surface area contributed by atoms with Gasteiger partial charge in [-0.1, -0.05) is 44.2 Å². The second kappa shape index (κ2) is 8.62. The fourth-order valence-corrected chi connectivity index (χ4v) is 3.99. The highest BCUT2D eigenvalue weighted by Gasteiger charge is 2.19. The average Bonchev–Trinajstić information content (AvgIpc) is 3.10. The van der Waals surface area contributed by atoms with Crippen LogP contribution in [0.2, 0.25) is 0 Å². The number of aryl methyl sites for hydroxylation is 2. The summed E-state index contributed by atoms with van der Waals surface area (Å²) >= 11 is 0. The molecule has 0 fully saturated rings. The summed E-state index contributed by atoms with van der Waals surface area (Å²) < 4.78 is 8.26. The maximum atomic E-state index is 12.9. The molecule has 0 aliphatic heterocycles. The number of para-hydroxylation sites is 1. The molecule has 1 heterocycles. The van der Waals surface area contributed by atoms with Crippen molar-refractivity contribution in [3.63, 3.8) is 0 Å². The zero-order chi connectivity index (χ0) is 21.1. The summed E-state index contributed by atoms with van der Waals surface area (Å²) in [6.45, 7) is 7.13. The first kappa shape index (κ1) is 20.0. The Kier molecular flexibility index (Phi) is 5.75. The van der Waals surface area contributed by atoms with Crippen molar-refractivity contribution in [2.75, 3.05) is 5.32 Å². The van der Waals surface area contributed by atoms with Crippen molar-refractivity contribution in [1.29, 1.82) is 0 Å². The number of rotatable bonds is 7. The average molecular weight is 401 g/mol. The number of carbonyl (C=O) groups is 1. The van der Waals surface area contributed by atoms with E-state index in [4.69, 9.17) is 4.74 Å². The first-order valence-corrected chi connectivity index (χ1v) is 10.7. The Balaban J connectivity index is 1.57. The summed E-state index contributed by atoms with van der Waals surface area (Å²) in [5, 5.41) is 5.39. The van der Waals surface area contributed by atoms with Gasteiger partial charge in [-0.2, -0.15) is 0 Å². The van der Waals surface area contributed by atoms with E-state index in [1.807, 2.05) is 37.3 Å². The van der Waals surface area contributed by atoms with Gasteiger partial charge in [0.2, 0.25) is 0 Å². The van der Waals surface area contributed by atoms with Crippen molar-refractivity contribution >= 4 is 33.4 Å². The van der Waals surface area contributed by atoms with Gasteiger partial charge in [0.15, 0.2) is 6.10 Å². The van der Waals surface area contributed by atoms with Crippen LogP contribution in [0, 0.1) is 0 Å². The zero-order valence-electron chi connectivity index (χ0n) is 17.8. The molecule has 30 heavy (non-hydrogen) atoms. The summed E-state index contributed by atoms with van der Waals surface area (Å²) in [5.74, 6) is 0.589. The highest BCUT2D eigenvalue weighted by molar-refractivity contribution is 6.10. The first-order valence-electron chi connectivity index (χ1n) is 10.7. The number of nitrogens with one attached hydrogen (secondary N) is 1. The predicted octanol–water partition coefficient (Wildman–Crippen LogP) is 6.17. The van der Waals surface area contributed by atoms with Crippen LogP contribution in [0.5, 0.6) is 5.75 Å². The summed E-state index contributed by atoms with van der Waals surface area (Å²) in [6.07, 6.45) is 1.04. The second-order valence-electron chi connectivity index (χ2n) is 7.49. The minimum absolute atomic E-state index is 0.129. The molecule has 0 unspecified atom stereocenters. The quantitative estimate of drug-likeness (QED) is 0.403. The molecular weight excluding hydrogens is 372 g/mol. The SMILES string of the molecule is CCc1ccc(O[C@H](CC)C(=O)Nc2ccc3c(c2)c2ccccc2n3CC)cc1. The van der Waals surface area contributed by atoms with Crippen LogP contribution < -0.4 is 10.1 Å². The molecule has 1 atom stereocenters. The minimum Gasteiger partial charge on any atom is -0.481 e. The van der Waals surface area contributed by atoms with E-state index in [2.05, 4.69) is 60.1 Å². The molecule has 154 valence electrons. The Hall–Kier alpha value is -3.27. The highest BCUT2D eigenvalue weighted by atomic mass is 16.5. The first-order chi connectivity index (χ1) is 14.6. The van der Waals surface area contributed by atoms with Gasteiger partial charge in [-0.25, -0.2) is 0 Å². The van der Waals surface area contributed by atoms with Crippen LogP contribution in [0.15, 0.2) is 66.7 Å². The van der Waals surface area contributed by atoms with Gasteiger partial charge in [0, 0.05) is 34.0 Å². The summed E-state index contributed by atoms with van der Waals surface area (Å²) in [7, 11) is 0. The molecule has 1 aromatic heterocycles. The van der Waals surface area contributed by atoms with E-state index < -0.39 is 6.10 Å². The van der Waals surface area contributed by atoms with E-state index in [1.165, 1.54) is 22.0 Å². The second-order valence-corrected chi connectivity index (χ2v) is 7.49. The van der Waals surface area contributed by atoms with E-state index >= 15 is 0 Å². The molecule has 1 amide bonds. The van der Waals surface area contributed by atoms with Crippen molar-refractivity contribution in [2.24, 2.45) is 0 Å². The maximum Gasteiger partial charge on any atom is 0.265 e. The standard InChI is InChI=1S/C26H28N2O2/c1-4-18-11-14-20(15-12-18)30-25(5-2)26(29)27-19-13-16-24-22(17-19)21-9-7-8-10-23(21)28(24)6-3/h7-17,25H,4-6H2,1-3H3,(H,27,29)/t25-/m1/s1. The Labute approximate surface area is 177 Å².